The number of rotatable bonds is 4. The first kappa shape index (κ1) is 30.4. The highest BCUT2D eigenvalue weighted by atomic mass is 32.1. The average molecular weight is 691 g/mol. The molecule has 0 bridgehead atoms. The lowest BCUT2D eigenvalue weighted by atomic mass is 9.82. The Balaban J connectivity index is 1.23. The van der Waals surface area contributed by atoms with Gasteiger partial charge >= 0.3 is 0 Å². The molecule has 1 aromatic heterocycles. The van der Waals surface area contributed by atoms with Crippen LogP contribution in [-0.2, 0) is 0 Å². The van der Waals surface area contributed by atoms with Gasteiger partial charge in [-0.05, 0) is 96.6 Å². The van der Waals surface area contributed by atoms with Gasteiger partial charge in [0.2, 0.25) is 0 Å². The zero-order valence-electron chi connectivity index (χ0n) is 29.6. The van der Waals surface area contributed by atoms with Gasteiger partial charge in [0.25, 0.3) is 0 Å². The zero-order valence-corrected chi connectivity index (χ0v) is 30.4. The smallest absolute Gasteiger partial charge is 0.0434 e. The summed E-state index contributed by atoms with van der Waals surface area (Å²) in [5.41, 5.74) is 18.1. The van der Waals surface area contributed by atoms with Gasteiger partial charge in [0.05, 0.1) is 0 Å². The van der Waals surface area contributed by atoms with Gasteiger partial charge in [-0.2, -0.15) is 0 Å². The number of hydrogen-bond acceptors (Lipinski definition) is 1. The third-order valence-corrected chi connectivity index (χ3v) is 12.7. The normalized spacial score (nSPS) is 12.0. The van der Waals surface area contributed by atoms with Crippen LogP contribution >= 0.6 is 11.3 Å². The molecule has 11 rings (SSSR count). The van der Waals surface area contributed by atoms with Crippen molar-refractivity contribution in [2.75, 3.05) is 0 Å². The first-order valence-electron chi connectivity index (χ1n) is 18.4. The van der Waals surface area contributed by atoms with Gasteiger partial charge in [-0.3, -0.25) is 0 Å². The Kier molecular flexibility index (Phi) is 6.65. The van der Waals surface area contributed by atoms with Gasteiger partial charge in [-0.1, -0.05) is 181 Å². The Morgan fingerprint density at radius 2 is 0.736 bits per heavy atom. The third-order valence-electron chi connectivity index (χ3n) is 11.4. The Morgan fingerprint density at radius 3 is 1.34 bits per heavy atom. The minimum absolute atomic E-state index is 1.26. The summed E-state index contributed by atoms with van der Waals surface area (Å²) in [6, 6.07) is 63.5. The Morgan fingerprint density at radius 1 is 0.283 bits per heavy atom. The lowest BCUT2D eigenvalue weighted by Gasteiger charge is -2.20. The summed E-state index contributed by atoms with van der Waals surface area (Å²) in [6.45, 7) is 4.34. The molecule has 0 N–H and O–H groups in total. The van der Waals surface area contributed by atoms with Crippen molar-refractivity contribution in [3.05, 3.63) is 181 Å². The molecule has 0 spiro atoms. The van der Waals surface area contributed by atoms with Gasteiger partial charge < -0.3 is 0 Å². The average Bonchev–Trinajstić information content (AvgIpc) is 3.75. The fourth-order valence-electron chi connectivity index (χ4n) is 8.95. The molecule has 1 heterocycles. The van der Waals surface area contributed by atoms with E-state index in [9.17, 15) is 0 Å². The highest BCUT2D eigenvalue weighted by molar-refractivity contribution is 7.26. The van der Waals surface area contributed by atoms with Crippen molar-refractivity contribution in [1.29, 1.82) is 0 Å². The van der Waals surface area contributed by atoms with Crippen LogP contribution < -0.4 is 0 Å². The van der Waals surface area contributed by atoms with Crippen molar-refractivity contribution < 1.29 is 0 Å². The second-order valence-corrected chi connectivity index (χ2v) is 15.5. The first-order valence-corrected chi connectivity index (χ1v) is 19.2. The van der Waals surface area contributed by atoms with Crippen molar-refractivity contribution >= 4 is 53.1 Å². The van der Waals surface area contributed by atoms with E-state index >= 15 is 0 Å². The molecule has 1 aliphatic carbocycles. The van der Waals surface area contributed by atoms with Crippen molar-refractivity contribution in [2.45, 2.75) is 13.8 Å². The lowest BCUT2D eigenvalue weighted by Crippen LogP contribution is -1.93. The summed E-state index contributed by atoms with van der Waals surface area (Å²) in [5.74, 6) is 0. The van der Waals surface area contributed by atoms with Crippen LogP contribution in [0.1, 0.15) is 11.1 Å². The summed E-state index contributed by atoms with van der Waals surface area (Å²) in [5, 5.41) is 7.88. The van der Waals surface area contributed by atoms with Crippen molar-refractivity contribution in [2.24, 2.45) is 0 Å². The minimum Gasteiger partial charge on any atom is -0.134 e. The van der Waals surface area contributed by atoms with E-state index < -0.39 is 0 Å². The summed E-state index contributed by atoms with van der Waals surface area (Å²) in [7, 11) is 0. The molecule has 1 heteroatoms. The number of aryl methyl sites for hydroxylation is 2. The van der Waals surface area contributed by atoms with Crippen molar-refractivity contribution in [3.8, 4) is 66.8 Å². The topological polar surface area (TPSA) is 0 Å². The van der Waals surface area contributed by atoms with E-state index in [4.69, 9.17) is 0 Å². The molecular weight excluding hydrogens is 657 g/mol. The van der Waals surface area contributed by atoms with Gasteiger partial charge in [0, 0.05) is 25.7 Å². The Labute approximate surface area is 313 Å². The quantitative estimate of drug-likeness (QED) is 0.172. The van der Waals surface area contributed by atoms with E-state index in [0.717, 1.165) is 0 Å². The summed E-state index contributed by atoms with van der Waals surface area (Å²) >= 11 is 1.93. The maximum absolute atomic E-state index is 2.42. The second kappa shape index (κ2) is 11.6. The highest BCUT2D eigenvalue weighted by Crippen LogP contribution is 2.59. The van der Waals surface area contributed by atoms with Gasteiger partial charge in [0.15, 0.2) is 0 Å². The van der Waals surface area contributed by atoms with Gasteiger partial charge in [-0.25, -0.2) is 0 Å². The van der Waals surface area contributed by atoms with E-state index in [1.807, 2.05) is 11.3 Å². The zero-order chi connectivity index (χ0) is 35.2. The largest absolute Gasteiger partial charge is 0.134 e. The van der Waals surface area contributed by atoms with E-state index in [2.05, 4.69) is 184 Å². The summed E-state index contributed by atoms with van der Waals surface area (Å²) in [4.78, 5) is 0. The molecule has 1 aliphatic rings. The van der Waals surface area contributed by atoms with Crippen LogP contribution in [0.2, 0.25) is 0 Å². The molecule has 0 unspecified atom stereocenters. The predicted octanol–water partition coefficient (Wildman–Crippen LogP) is 15.3. The van der Waals surface area contributed by atoms with Crippen LogP contribution in [0, 0.1) is 13.8 Å². The van der Waals surface area contributed by atoms with E-state index in [1.165, 1.54) is 120 Å². The monoisotopic (exact) mass is 690 g/mol. The molecule has 0 amide bonds. The fraction of sp³-hybridized carbons (Fsp3) is 0.0385. The number of fused-ring (bicyclic) bond motifs is 7. The third kappa shape index (κ3) is 4.48. The van der Waals surface area contributed by atoms with Crippen LogP contribution in [-0.4, -0.2) is 0 Å². The molecule has 53 heavy (non-hydrogen) atoms. The minimum atomic E-state index is 1.26. The summed E-state index contributed by atoms with van der Waals surface area (Å²) in [6.07, 6.45) is 0. The molecule has 0 atom stereocenters. The molecular formula is C52H34S. The Hall–Kier alpha value is -6.28. The highest BCUT2D eigenvalue weighted by Gasteiger charge is 2.31. The van der Waals surface area contributed by atoms with E-state index in [-0.39, 0.29) is 0 Å². The van der Waals surface area contributed by atoms with Crippen LogP contribution in [0.4, 0.5) is 0 Å². The molecule has 0 fully saturated rings. The van der Waals surface area contributed by atoms with E-state index in [0.29, 0.717) is 0 Å². The Bertz CT molecular complexity index is 2990. The fourth-order valence-corrected chi connectivity index (χ4v) is 10.3. The van der Waals surface area contributed by atoms with Crippen LogP contribution in [0.5, 0.6) is 0 Å². The maximum Gasteiger partial charge on any atom is 0.0434 e. The van der Waals surface area contributed by atoms with Crippen molar-refractivity contribution in [3.63, 3.8) is 0 Å². The molecule has 0 saturated heterocycles. The van der Waals surface area contributed by atoms with Gasteiger partial charge in [0.1, 0.15) is 0 Å². The van der Waals surface area contributed by atoms with Crippen molar-refractivity contribution in [1.82, 2.24) is 0 Å². The lowest BCUT2D eigenvalue weighted by molar-refractivity contribution is 1.47. The van der Waals surface area contributed by atoms with E-state index in [1.54, 1.807) is 0 Å². The second-order valence-electron chi connectivity index (χ2n) is 14.5. The molecule has 0 radical (unpaired) electrons. The van der Waals surface area contributed by atoms with Crippen LogP contribution in [0.25, 0.3) is 108 Å². The predicted molar refractivity (Wildman–Crippen MR) is 230 cm³/mol. The standard InChI is InChI=1S/C52H34S/c1-31-21-25-34(26-22-31)46-39-13-6-7-14-40(39)47(35-27-23-32(2)24-28-35)50-45-30-29-37(38-16-9-20-44(48(38)45)49(46)50)41-17-10-19-43-42-18-8-15-36(51(42)53-52(41)43)33-11-4-3-5-12-33/h3-30H,1-2H3. The summed E-state index contributed by atoms with van der Waals surface area (Å²) < 4.78 is 2.69. The number of hydrogen-bond donors (Lipinski definition) is 0. The maximum atomic E-state index is 2.42. The SMILES string of the molecule is Cc1ccc(-c2c3c(c(-c4ccc(C)cc4)c4ccccc24)-c2ccc(-c4cccc5c4sc4c(-c6ccccc6)cccc45)c4cccc-3c24)cc1. The van der Waals surface area contributed by atoms with Crippen LogP contribution in [0.3, 0.4) is 0 Å². The molecule has 0 saturated carbocycles. The van der Waals surface area contributed by atoms with Crippen LogP contribution in [0.15, 0.2) is 170 Å². The van der Waals surface area contributed by atoms with Gasteiger partial charge in [-0.15, -0.1) is 11.3 Å². The first-order chi connectivity index (χ1) is 26.1. The molecule has 248 valence electrons. The molecule has 10 aromatic rings. The number of benzene rings is 9. The number of thiophene rings is 1. The molecule has 9 aromatic carbocycles. The molecule has 0 aliphatic heterocycles. The molecule has 0 nitrogen and oxygen atoms in total.